The van der Waals surface area contributed by atoms with Gasteiger partial charge in [0.1, 0.15) is 6.04 Å². The Hall–Kier alpha value is -2.94. The zero-order valence-electron chi connectivity index (χ0n) is 26.6. The van der Waals surface area contributed by atoms with Crippen LogP contribution in [0.15, 0.2) is 48.5 Å². The Labute approximate surface area is 267 Å². The Morgan fingerprint density at radius 3 is 2.36 bits per heavy atom. The van der Waals surface area contributed by atoms with Crippen molar-refractivity contribution >= 4 is 29.3 Å². The highest BCUT2D eigenvalue weighted by atomic mass is 35.5. The molecule has 0 spiro atoms. The Bertz CT molecular complexity index is 1320. The summed E-state index contributed by atoms with van der Waals surface area (Å²) in [6.45, 7) is 7.27. The van der Waals surface area contributed by atoms with Gasteiger partial charge >= 0.3 is 0 Å². The fourth-order valence-electron chi connectivity index (χ4n) is 7.04. The average Bonchev–Trinajstić information content (AvgIpc) is 3.46. The van der Waals surface area contributed by atoms with Crippen LogP contribution in [-0.2, 0) is 33.8 Å². The second kappa shape index (κ2) is 14.0. The van der Waals surface area contributed by atoms with Crippen LogP contribution in [0.2, 0.25) is 5.02 Å². The van der Waals surface area contributed by atoms with Crippen molar-refractivity contribution in [1.82, 2.24) is 25.8 Å². The van der Waals surface area contributed by atoms with Crippen LogP contribution in [0.5, 0.6) is 0 Å². The fourth-order valence-corrected chi connectivity index (χ4v) is 7.17. The molecule has 4 atom stereocenters. The van der Waals surface area contributed by atoms with Gasteiger partial charge in [0, 0.05) is 49.2 Å². The molecule has 3 N–H and O–H groups in total. The van der Waals surface area contributed by atoms with E-state index in [2.05, 4.69) is 33.0 Å². The number of carbonyl (C=O) groups excluding carboxylic acids is 3. The first-order valence-electron chi connectivity index (χ1n) is 16.2. The first-order valence-corrected chi connectivity index (χ1v) is 16.6. The van der Waals surface area contributed by atoms with E-state index in [-0.39, 0.29) is 35.3 Å². The lowest BCUT2D eigenvalue weighted by atomic mass is 9.93. The summed E-state index contributed by atoms with van der Waals surface area (Å²) in [5.41, 5.74) is 2.92. The highest BCUT2D eigenvalue weighted by Crippen LogP contribution is 2.32. The molecule has 2 aromatic carbocycles. The van der Waals surface area contributed by atoms with E-state index in [4.69, 9.17) is 11.6 Å². The summed E-state index contributed by atoms with van der Waals surface area (Å²) < 4.78 is 0. The lowest BCUT2D eigenvalue weighted by Gasteiger charge is -2.36. The van der Waals surface area contributed by atoms with Crippen molar-refractivity contribution < 1.29 is 14.4 Å². The molecule has 8 nitrogen and oxygen atoms in total. The third kappa shape index (κ3) is 8.01. The van der Waals surface area contributed by atoms with E-state index >= 15 is 0 Å². The summed E-state index contributed by atoms with van der Waals surface area (Å²) in [5, 5.41) is 10.3. The van der Waals surface area contributed by atoms with Gasteiger partial charge in [-0.2, -0.15) is 0 Å². The van der Waals surface area contributed by atoms with Gasteiger partial charge in [0.2, 0.25) is 17.7 Å². The lowest BCUT2D eigenvalue weighted by Crippen LogP contribution is -2.56. The summed E-state index contributed by atoms with van der Waals surface area (Å²) in [6, 6.07) is 14.3. The van der Waals surface area contributed by atoms with E-state index in [0.29, 0.717) is 43.4 Å². The van der Waals surface area contributed by atoms with Crippen LogP contribution in [0.1, 0.15) is 76.0 Å². The maximum atomic E-state index is 14.3. The van der Waals surface area contributed by atoms with Crippen LogP contribution in [0, 0.1) is 0 Å². The van der Waals surface area contributed by atoms with Crippen molar-refractivity contribution in [3.63, 3.8) is 0 Å². The predicted octanol–water partition coefficient (Wildman–Crippen LogP) is 4.23. The standard InChI is InChI=1S/C35H48ClN5O3/c1-35(2,3)39-33(43)31-20-28(22-41(31)27-12-6-5-7-13-27)40(4)34(44)30(18-23-14-16-26(36)17-15-23)38-32(42)29-19-24-10-8-9-11-25(24)21-37-29/h8-11,14-17,27-31,37H,5-7,12-13,18-22H2,1-4H3,(H,38,42)(H,39,43)/t28-,29+,30+,31-/m0/s1. The Kier molecular flexibility index (Phi) is 10.3. The van der Waals surface area contributed by atoms with Gasteiger partial charge < -0.3 is 20.9 Å². The van der Waals surface area contributed by atoms with Crippen LogP contribution in [0.3, 0.4) is 0 Å². The highest BCUT2D eigenvalue weighted by Gasteiger charge is 2.44. The molecule has 2 fully saturated rings. The monoisotopic (exact) mass is 621 g/mol. The maximum Gasteiger partial charge on any atom is 0.245 e. The number of rotatable bonds is 8. The number of fused-ring (bicyclic) bond motifs is 1. The van der Waals surface area contributed by atoms with E-state index in [1.807, 2.05) is 52.1 Å². The molecule has 238 valence electrons. The molecule has 2 heterocycles. The second-order valence-electron chi connectivity index (χ2n) is 13.9. The molecular weight excluding hydrogens is 574 g/mol. The molecule has 0 bridgehead atoms. The summed E-state index contributed by atoms with van der Waals surface area (Å²) in [7, 11) is 1.83. The normalized spacial score (nSPS) is 23.4. The number of hydrogen-bond donors (Lipinski definition) is 3. The number of likely N-dealkylation sites (tertiary alicyclic amines) is 1. The van der Waals surface area contributed by atoms with Gasteiger partial charge in [0.05, 0.1) is 12.1 Å². The third-order valence-corrected chi connectivity index (χ3v) is 9.67. The molecule has 5 rings (SSSR count). The first-order chi connectivity index (χ1) is 21.0. The summed E-state index contributed by atoms with van der Waals surface area (Å²) in [4.78, 5) is 45.5. The van der Waals surface area contributed by atoms with Crippen LogP contribution in [0.4, 0.5) is 0 Å². The minimum atomic E-state index is -0.752. The van der Waals surface area contributed by atoms with Gasteiger partial charge in [-0.05, 0) is 75.3 Å². The molecule has 9 heteroatoms. The van der Waals surface area contributed by atoms with Crippen LogP contribution in [-0.4, -0.2) is 76.9 Å². The minimum absolute atomic E-state index is 0.0288. The first kappa shape index (κ1) is 32.5. The van der Waals surface area contributed by atoms with E-state index in [1.165, 1.54) is 24.8 Å². The van der Waals surface area contributed by atoms with E-state index < -0.39 is 12.1 Å². The number of nitrogens with one attached hydrogen (secondary N) is 3. The van der Waals surface area contributed by atoms with Gasteiger partial charge in [-0.1, -0.05) is 67.3 Å². The van der Waals surface area contributed by atoms with Gasteiger partial charge in [-0.25, -0.2) is 0 Å². The fraction of sp³-hybridized carbons (Fsp3) is 0.571. The number of hydrogen-bond acceptors (Lipinski definition) is 5. The summed E-state index contributed by atoms with van der Waals surface area (Å²) in [6.07, 6.45) is 7.23. The second-order valence-corrected chi connectivity index (χ2v) is 14.3. The van der Waals surface area contributed by atoms with E-state index in [9.17, 15) is 14.4 Å². The van der Waals surface area contributed by atoms with Crippen molar-refractivity contribution in [3.05, 3.63) is 70.2 Å². The molecule has 0 aromatic heterocycles. The number of halogens is 1. The molecule has 1 saturated heterocycles. The average molecular weight is 622 g/mol. The molecule has 3 amide bonds. The van der Waals surface area contributed by atoms with E-state index in [0.717, 1.165) is 24.0 Å². The largest absolute Gasteiger partial charge is 0.350 e. The van der Waals surface area contributed by atoms with Crippen molar-refractivity contribution in [2.45, 2.75) is 114 Å². The van der Waals surface area contributed by atoms with Gasteiger partial charge in [-0.3, -0.25) is 19.3 Å². The molecule has 44 heavy (non-hydrogen) atoms. The van der Waals surface area contributed by atoms with Crippen molar-refractivity contribution in [2.75, 3.05) is 13.6 Å². The Morgan fingerprint density at radius 1 is 1.00 bits per heavy atom. The molecule has 1 aliphatic carbocycles. The molecule has 0 unspecified atom stereocenters. The van der Waals surface area contributed by atoms with Crippen LogP contribution >= 0.6 is 11.6 Å². The minimum Gasteiger partial charge on any atom is -0.350 e. The number of nitrogens with zero attached hydrogens (tertiary/aromatic N) is 2. The molecule has 1 saturated carbocycles. The molecule has 2 aliphatic heterocycles. The van der Waals surface area contributed by atoms with E-state index in [1.54, 1.807) is 17.0 Å². The van der Waals surface area contributed by atoms with Crippen molar-refractivity contribution in [3.8, 4) is 0 Å². The van der Waals surface area contributed by atoms with Gasteiger partial charge in [0.25, 0.3) is 0 Å². The molecule has 0 radical (unpaired) electrons. The van der Waals surface area contributed by atoms with Crippen molar-refractivity contribution in [2.24, 2.45) is 0 Å². The van der Waals surface area contributed by atoms with Crippen molar-refractivity contribution in [1.29, 1.82) is 0 Å². The zero-order chi connectivity index (χ0) is 31.4. The Balaban J connectivity index is 1.33. The number of benzene rings is 2. The van der Waals surface area contributed by atoms with Crippen LogP contribution in [0.25, 0.3) is 0 Å². The molecule has 2 aromatic rings. The number of amides is 3. The molecular formula is C35H48ClN5O3. The Morgan fingerprint density at radius 2 is 1.68 bits per heavy atom. The summed E-state index contributed by atoms with van der Waals surface area (Å²) in [5.74, 6) is -0.297. The molecule has 3 aliphatic rings. The lowest BCUT2D eigenvalue weighted by molar-refractivity contribution is -0.137. The number of likely N-dealkylation sites (N-methyl/N-ethyl adjacent to an activating group) is 1. The highest BCUT2D eigenvalue weighted by molar-refractivity contribution is 6.30. The number of carbonyl (C=O) groups is 3. The third-order valence-electron chi connectivity index (χ3n) is 9.42. The smallest absolute Gasteiger partial charge is 0.245 e. The topological polar surface area (TPSA) is 93.8 Å². The maximum absolute atomic E-state index is 14.3. The van der Waals surface area contributed by atoms with Gasteiger partial charge in [0.15, 0.2) is 0 Å². The zero-order valence-corrected chi connectivity index (χ0v) is 27.3. The predicted molar refractivity (Wildman–Crippen MR) is 174 cm³/mol. The SMILES string of the molecule is CN(C(=O)[C@@H](Cc1ccc(Cl)cc1)NC(=O)[C@H]1Cc2ccccc2CN1)[C@H]1C[C@@H](C(=O)NC(C)(C)C)N(C2CCCCC2)C1. The summed E-state index contributed by atoms with van der Waals surface area (Å²) >= 11 is 6.14. The van der Waals surface area contributed by atoms with Gasteiger partial charge in [-0.15, -0.1) is 0 Å². The quantitative estimate of drug-likeness (QED) is 0.410. The van der Waals surface area contributed by atoms with Crippen LogP contribution < -0.4 is 16.0 Å².